The van der Waals surface area contributed by atoms with Gasteiger partial charge in [0, 0.05) is 0 Å². The first-order chi connectivity index (χ1) is 11.3. The molecule has 0 unspecified atom stereocenters. The summed E-state index contributed by atoms with van der Waals surface area (Å²) in [4.78, 5) is 12.0. The van der Waals surface area contributed by atoms with Crippen LogP contribution in [0.25, 0.3) is 0 Å². The molecule has 2 rings (SSSR count). The van der Waals surface area contributed by atoms with Crippen molar-refractivity contribution in [1.29, 1.82) is 0 Å². The highest BCUT2D eigenvalue weighted by atomic mass is 79.9. The van der Waals surface area contributed by atoms with E-state index < -0.39 is 16.0 Å². The SMILES string of the molecule is COC(=O)c1cc(OC)c(Br)cc1NS(=O)(=O)c1ccc(C)cc1. The van der Waals surface area contributed by atoms with Crippen molar-refractivity contribution in [2.45, 2.75) is 11.8 Å². The predicted molar refractivity (Wildman–Crippen MR) is 94.0 cm³/mol. The zero-order valence-corrected chi connectivity index (χ0v) is 15.7. The number of benzene rings is 2. The highest BCUT2D eigenvalue weighted by Crippen LogP contribution is 2.33. The predicted octanol–water partition coefficient (Wildman–Crippen LogP) is 3.35. The van der Waals surface area contributed by atoms with Gasteiger partial charge in [0.25, 0.3) is 10.0 Å². The fourth-order valence-electron chi connectivity index (χ4n) is 1.99. The van der Waals surface area contributed by atoms with Crippen LogP contribution in [0, 0.1) is 6.92 Å². The molecule has 0 aliphatic heterocycles. The van der Waals surface area contributed by atoms with Gasteiger partial charge in [-0.25, -0.2) is 13.2 Å². The van der Waals surface area contributed by atoms with Crippen molar-refractivity contribution in [3.05, 3.63) is 52.0 Å². The zero-order chi connectivity index (χ0) is 17.9. The lowest BCUT2D eigenvalue weighted by Crippen LogP contribution is -2.16. The highest BCUT2D eigenvalue weighted by Gasteiger charge is 2.21. The molecule has 0 saturated carbocycles. The van der Waals surface area contributed by atoms with Crippen LogP contribution in [0.4, 0.5) is 5.69 Å². The van der Waals surface area contributed by atoms with Gasteiger partial charge in [0.1, 0.15) is 5.75 Å². The molecule has 2 aromatic rings. The summed E-state index contributed by atoms with van der Waals surface area (Å²) in [6.07, 6.45) is 0. The van der Waals surface area contributed by atoms with Gasteiger partial charge < -0.3 is 9.47 Å². The Hall–Kier alpha value is -2.06. The molecule has 8 heteroatoms. The second-order valence-electron chi connectivity index (χ2n) is 4.94. The number of hydrogen-bond acceptors (Lipinski definition) is 5. The Morgan fingerprint density at radius 2 is 1.75 bits per heavy atom. The van der Waals surface area contributed by atoms with Crippen LogP contribution in [0.5, 0.6) is 5.75 Å². The third kappa shape index (κ3) is 3.88. The monoisotopic (exact) mass is 413 g/mol. The Morgan fingerprint density at radius 3 is 2.29 bits per heavy atom. The van der Waals surface area contributed by atoms with Crippen LogP contribution < -0.4 is 9.46 Å². The lowest BCUT2D eigenvalue weighted by atomic mass is 10.2. The number of halogens is 1. The molecule has 2 aromatic carbocycles. The molecule has 0 aliphatic rings. The number of anilines is 1. The van der Waals surface area contributed by atoms with E-state index in [0.717, 1.165) is 5.56 Å². The molecule has 0 saturated heterocycles. The molecule has 0 atom stereocenters. The van der Waals surface area contributed by atoms with E-state index >= 15 is 0 Å². The normalized spacial score (nSPS) is 11.0. The number of methoxy groups -OCH3 is 2. The molecule has 24 heavy (non-hydrogen) atoms. The molecule has 0 fully saturated rings. The molecule has 0 amide bonds. The van der Waals surface area contributed by atoms with E-state index in [4.69, 9.17) is 9.47 Å². The van der Waals surface area contributed by atoms with Crippen LogP contribution in [-0.4, -0.2) is 28.6 Å². The maximum Gasteiger partial charge on any atom is 0.340 e. The first-order valence-corrected chi connectivity index (χ1v) is 9.11. The number of ether oxygens (including phenoxy) is 2. The van der Waals surface area contributed by atoms with Crippen LogP contribution in [0.3, 0.4) is 0 Å². The van der Waals surface area contributed by atoms with Gasteiger partial charge in [-0.15, -0.1) is 0 Å². The maximum absolute atomic E-state index is 12.5. The van der Waals surface area contributed by atoms with Gasteiger partial charge in [-0.1, -0.05) is 17.7 Å². The van der Waals surface area contributed by atoms with Crippen molar-refractivity contribution in [3.8, 4) is 5.75 Å². The van der Waals surface area contributed by atoms with E-state index in [1.165, 1.54) is 38.5 Å². The minimum Gasteiger partial charge on any atom is -0.496 e. The van der Waals surface area contributed by atoms with E-state index in [9.17, 15) is 13.2 Å². The Labute approximate surface area is 149 Å². The van der Waals surface area contributed by atoms with Gasteiger partial charge >= 0.3 is 5.97 Å². The maximum atomic E-state index is 12.5. The minimum absolute atomic E-state index is 0.0493. The molecule has 1 N–H and O–H groups in total. The van der Waals surface area contributed by atoms with Crippen molar-refractivity contribution in [3.63, 3.8) is 0 Å². The first kappa shape index (κ1) is 18.3. The summed E-state index contributed by atoms with van der Waals surface area (Å²) in [5.74, 6) is -0.295. The summed E-state index contributed by atoms with van der Waals surface area (Å²) in [6.45, 7) is 1.86. The number of aryl methyl sites for hydroxylation is 1. The molecular weight excluding hydrogens is 398 g/mol. The van der Waals surface area contributed by atoms with Crippen LogP contribution in [0.2, 0.25) is 0 Å². The van der Waals surface area contributed by atoms with E-state index in [0.29, 0.717) is 10.2 Å². The van der Waals surface area contributed by atoms with E-state index in [1.807, 2.05) is 6.92 Å². The summed E-state index contributed by atoms with van der Waals surface area (Å²) in [5.41, 5.74) is 1.08. The van der Waals surface area contributed by atoms with E-state index in [1.54, 1.807) is 12.1 Å². The fourth-order valence-corrected chi connectivity index (χ4v) is 3.57. The number of carbonyl (C=O) groups excluding carboxylic acids is 1. The number of esters is 1. The molecule has 0 spiro atoms. The van der Waals surface area contributed by atoms with Crippen molar-refractivity contribution in [2.75, 3.05) is 18.9 Å². The Morgan fingerprint density at radius 1 is 1.12 bits per heavy atom. The standard InChI is InChI=1S/C16H16BrNO5S/c1-10-4-6-11(7-5-10)24(20,21)18-14-9-13(17)15(22-2)8-12(14)16(19)23-3/h4-9,18H,1-3H3. The second kappa shape index (κ2) is 7.23. The zero-order valence-electron chi connectivity index (χ0n) is 13.3. The molecule has 0 bridgehead atoms. The quantitative estimate of drug-likeness (QED) is 0.759. The van der Waals surface area contributed by atoms with Crippen LogP contribution in [0.15, 0.2) is 45.8 Å². The summed E-state index contributed by atoms with van der Waals surface area (Å²) >= 11 is 3.27. The number of carbonyl (C=O) groups is 1. The molecule has 6 nitrogen and oxygen atoms in total. The summed E-state index contributed by atoms with van der Waals surface area (Å²) < 4.78 is 37.8. The lowest BCUT2D eigenvalue weighted by Gasteiger charge is -2.14. The topological polar surface area (TPSA) is 81.7 Å². The number of rotatable bonds is 5. The molecule has 0 aromatic heterocycles. The molecule has 128 valence electrons. The number of sulfonamides is 1. The van der Waals surface area contributed by atoms with Crippen LogP contribution >= 0.6 is 15.9 Å². The molecule has 0 radical (unpaired) electrons. The van der Waals surface area contributed by atoms with Gasteiger partial charge in [0.15, 0.2) is 0 Å². The van der Waals surface area contributed by atoms with E-state index in [-0.39, 0.29) is 16.1 Å². The third-order valence-electron chi connectivity index (χ3n) is 3.27. The van der Waals surface area contributed by atoms with Crippen molar-refractivity contribution in [2.24, 2.45) is 0 Å². The lowest BCUT2D eigenvalue weighted by molar-refractivity contribution is 0.0601. The van der Waals surface area contributed by atoms with Crippen molar-refractivity contribution < 1.29 is 22.7 Å². The fraction of sp³-hybridized carbons (Fsp3) is 0.188. The van der Waals surface area contributed by atoms with Crippen molar-refractivity contribution >= 4 is 37.6 Å². The summed E-state index contributed by atoms with van der Waals surface area (Å²) in [5, 5.41) is 0. The van der Waals surface area contributed by atoms with Crippen LogP contribution in [-0.2, 0) is 14.8 Å². The van der Waals surface area contributed by atoms with Gasteiger partial charge in [-0.05, 0) is 47.1 Å². The van der Waals surface area contributed by atoms with Gasteiger partial charge in [0.2, 0.25) is 0 Å². The number of hydrogen-bond donors (Lipinski definition) is 1. The Balaban J connectivity index is 2.49. The van der Waals surface area contributed by atoms with Gasteiger partial charge in [-0.2, -0.15) is 0 Å². The molecular formula is C16H16BrNO5S. The Kier molecular flexibility index (Phi) is 5.51. The summed E-state index contributed by atoms with van der Waals surface area (Å²) in [6, 6.07) is 9.24. The average molecular weight is 414 g/mol. The van der Waals surface area contributed by atoms with E-state index in [2.05, 4.69) is 20.7 Å². The average Bonchev–Trinajstić information content (AvgIpc) is 2.54. The van der Waals surface area contributed by atoms with Crippen LogP contribution in [0.1, 0.15) is 15.9 Å². The smallest absolute Gasteiger partial charge is 0.340 e. The number of nitrogens with one attached hydrogen (secondary N) is 1. The molecule has 0 heterocycles. The van der Waals surface area contributed by atoms with Gasteiger partial charge in [0.05, 0.1) is 34.8 Å². The highest BCUT2D eigenvalue weighted by molar-refractivity contribution is 9.10. The molecule has 0 aliphatic carbocycles. The van der Waals surface area contributed by atoms with Crippen molar-refractivity contribution in [1.82, 2.24) is 0 Å². The first-order valence-electron chi connectivity index (χ1n) is 6.84. The second-order valence-corrected chi connectivity index (χ2v) is 7.48. The third-order valence-corrected chi connectivity index (χ3v) is 5.27. The minimum atomic E-state index is -3.85. The Bertz CT molecular complexity index is 863. The van der Waals surface area contributed by atoms with Gasteiger partial charge in [-0.3, -0.25) is 4.72 Å². The summed E-state index contributed by atoms with van der Waals surface area (Å²) in [7, 11) is -1.19. The largest absolute Gasteiger partial charge is 0.496 e.